The van der Waals surface area contributed by atoms with Gasteiger partial charge in [0.1, 0.15) is 6.04 Å². The van der Waals surface area contributed by atoms with Crippen molar-refractivity contribution in [3.05, 3.63) is 0 Å². The van der Waals surface area contributed by atoms with Crippen LogP contribution in [-0.4, -0.2) is 39.1 Å². The molecule has 0 aliphatic heterocycles. The van der Waals surface area contributed by atoms with Gasteiger partial charge in [-0.1, -0.05) is 13.8 Å². The van der Waals surface area contributed by atoms with Gasteiger partial charge in [-0.25, -0.2) is 0 Å². The van der Waals surface area contributed by atoms with Gasteiger partial charge in [0.25, 0.3) is 0 Å². The number of carboxylic acid groups (broad SMARTS) is 1. The number of carbonyl (C=O) groups excluding carboxylic acids is 1. The molecule has 6 heteroatoms. The molecule has 0 saturated heterocycles. The summed E-state index contributed by atoms with van der Waals surface area (Å²) in [5.41, 5.74) is 5.64. The Balaban J connectivity index is 4.55. The lowest BCUT2D eigenvalue weighted by Gasteiger charge is -2.31. The molecule has 0 aliphatic rings. The Morgan fingerprint density at radius 1 is 1.32 bits per heavy atom. The zero-order valence-corrected chi connectivity index (χ0v) is 13.2. The van der Waals surface area contributed by atoms with E-state index in [1.54, 1.807) is 20.8 Å². The van der Waals surface area contributed by atoms with Crippen LogP contribution in [0.4, 0.5) is 0 Å². The average Bonchev–Trinajstić information content (AvgIpc) is 2.33. The van der Waals surface area contributed by atoms with Crippen molar-refractivity contribution in [2.75, 3.05) is 0 Å². The number of nitrogens with two attached hydrogens (primary N) is 1. The minimum absolute atomic E-state index is 0.0654. The lowest BCUT2D eigenvalue weighted by atomic mass is 10.1. The van der Waals surface area contributed by atoms with Crippen LogP contribution in [0.3, 0.4) is 0 Å². The van der Waals surface area contributed by atoms with Crippen LogP contribution < -0.4 is 11.1 Å². The molecule has 0 fully saturated rings. The van der Waals surface area contributed by atoms with Gasteiger partial charge in [-0.15, -0.1) is 11.8 Å². The zero-order valence-electron chi connectivity index (χ0n) is 12.4. The highest BCUT2D eigenvalue weighted by molar-refractivity contribution is 8.02. The van der Waals surface area contributed by atoms with Gasteiger partial charge < -0.3 is 16.2 Å². The summed E-state index contributed by atoms with van der Waals surface area (Å²) in [4.78, 5) is 23.0. The number of amides is 1. The van der Waals surface area contributed by atoms with E-state index in [0.717, 1.165) is 12.8 Å². The Morgan fingerprint density at radius 3 is 2.16 bits per heavy atom. The third-order valence-electron chi connectivity index (χ3n) is 3.20. The second-order valence-electron chi connectivity index (χ2n) is 5.20. The average molecular weight is 290 g/mol. The van der Waals surface area contributed by atoms with Crippen molar-refractivity contribution in [2.24, 2.45) is 5.73 Å². The number of carbonyl (C=O) groups is 2. The summed E-state index contributed by atoms with van der Waals surface area (Å²) < 4.78 is -0.698. The predicted octanol–water partition coefficient (Wildman–Crippen LogP) is 1.60. The molecule has 0 aliphatic carbocycles. The molecule has 0 radical (unpaired) electrons. The first-order valence-corrected chi connectivity index (χ1v) is 7.50. The number of thioether (sulfide) groups is 1. The van der Waals surface area contributed by atoms with Gasteiger partial charge in [0.05, 0.1) is 5.25 Å². The molecule has 0 aromatic heterocycles. The monoisotopic (exact) mass is 290 g/mol. The molecule has 0 saturated carbocycles. The topological polar surface area (TPSA) is 92.4 Å². The highest BCUT2D eigenvalue weighted by atomic mass is 32.2. The maximum absolute atomic E-state index is 12.0. The van der Waals surface area contributed by atoms with Crippen LogP contribution in [-0.2, 0) is 9.59 Å². The SMILES string of the molecule is CCC(CC)NC(=O)C(C)SC(C)(C)[C@@H](N)C(=O)O. The van der Waals surface area contributed by atoms with Gasteiger partial charge in [0.2, 0.25) is 5.91 Å². The molecule has 4 N–H and O–H groups in total. The van der Waals surface area contributed by atoms with E-state index in [1.807, 2.05) is 13.8 Å². The van der Waals surface area contributed by atoms with Crippen molar-refractivity contribution < 1.29 is 14.7 Å². The second-order valence-corrected chi connectivity index (χ2v) is 7.20. The molecule has 0 heterocycles. The van der Waals surface area contributed by atoms with Crippen molar-refractivity contribution >= 4 is 23.6 Å². The van der Waals surface area contributed by atoms with Crippen LogP contribution in [0.15, 0.2) is 0 Å². The molecule has 0 bridgehead atoms. The molecule has 1 amide bonds. The summed E-state index contributed by atoms with van der Waals surface area (Å²) in [6.07, 6.45) is 1.77. The lowest BCUT2D eigenvalue weighted by molar-refractivity contribution is -0.139. The fourth-order valence-electron chi connectivity index (χ4n) is 1.69. The number of hydrogen-bond donors (Lipinski definition) is 3. The minimum Gasteiger partial charge on any atom is -0.480 e. The van der Waals surface area contributed by atoms with E-state index < -0.39 is 16.8 Å². The molecule has 1 unspecified atom stereocenters. The van der Waals surface area contributed by atoms with E-state index in [0.29, 0.717) is 0 Å². The fraction of sp³-hybridized carbons (Fsp3) is 0.846. The van der Waals surface area contributed by atoms with Crippen molar-refractivity contribution in [1.29, 1.82) is 0 Å². The Labute approximate surface area is 119 Å². The highest BCUT2D eigenvalue weighted by Crippen LogP contribution is 2.31. The van der Waals surface area contributed by atoms with Crippen LogP contribution in [0, 0.1) is 0 Å². The Hall–Kier alpha value is -0.750. The van der Waals surface area contributed by atoms with Crippen LogP contribution in [0.5, 0.6) is 0 Å². The normalized spacial score (nSPS) is 15.1. The van der Waals surface area contributed by atoms with Crippen LogP contribution in [0.25, 0.3) is 0 Å². The molecular weight excluding hydrogens is 264 g/mol. The summed E-state index contributed by atoms with van der Waals surface area (Å²) in [5, 5.41) is 11.6. The van der Waals surface area contributed by atoms with Gasteiger partial charge >= 0.3 is 5.97 Å². The first-order valence-electron chi connectivity index (χ1n) is 6.62. The molecule has 5 nitrogen and oxygen atoms in total. The smallest absolute Gasteiger partial charge is 0.321 e. The van der Waals surface area contributed by atoms with E-state index >= 15 is 0 Å². The van der Waals surface area contributed by atoms with Crippen LogP contribution in [0.1, 0.15) is 47.5 Å². The molecule has 112 valence electrons. The molecule has 0 aromatic carbocycles. The molecule has 0 aromatic rings. The summed E-state index contributed by atoms with van der Waals surface area (Å²) in [6, 6.07) is -0.826. The third kappa shape index (κ3) is 5.82. The number of aliphatic carboxylic acids is 1. The number of nitrogens with one attached hydrogen (secondary N) is 1. The predicted molar refractivity (Wildman–Crippen MR) is 79.3 cm³/mol. The number of carboxylic acids is 1. The maximum Gasteiger partial charge on any atom is 0.321 e. The Kier molecular flexibility index (Phi) is 7.44. The summed E-state index contributed by atoms with van der Waals surface area (Å²) in [7, 11) is 0. The van der Waals surface area contributed by atoms with Crippen molar-refractivity contribution in [3.63, 3.8) is 0 Å². The van der Waals surface area contributed by atoms with Gasteiger partial charge in [-0.3, -0.25) is 9.59 Å². The van der Waals surface area contributed by atoms with Gasteiger partial charge in [-0.05, 0) is 33.6 Å². The van der Waals surface area contributed by atoms with E-state index in [9.17, 15) is 9.59 Å². The van der Waals surface area contributed by atoms with Crippen LogP contribution in [0.2, 0.25) is 0 Å². The molecule has 0 rings (SSSR count). The van der Waals surface area contributed by atoms with E-state index in [1.165, 1.54) is 11.8 Å². The van der Waals surface area contributed by atoms with Crippen molar-refractivity contribution in [3.8, 4) is 0 Å². The minimum atomic E-state index is -1.05. The second kappa shape index (κ2) is 7.75. The quantitative estimate of drug-likeness (QED) is 0.631. The van der Waals surface area contributed by atoms with Gasteiger partial charge in [0, 0.05) is 10.8 Å². The van der Waals surface area contributed by atoms with E-state index in [2.05, 4.69) is 5.32 Å². The Bertz CT molecular complexity index is 317. The molecular formula is C13H26N2O3S. The molecule has 0 spiro atoms. The Morgan fingerprint density at radius 2 is 1.79 bits per heavy atom. The highest BCUT2D eigenvalue weighted by Gasteiger charge is 2.35. The van der Waals surface area contributed by atoms with Gasteiger partial charge in [-0.2, -0.15) is 0 Å². The third-order valence-corrected chi connectivity index (χ3v) is 4.63. The summed E-state index contributed by atoms with van der Waals surface area (Å²) in [5.74, 6) is -1.12. The lowest BCUT2D eigenvalue weighted by Crippen LogP contribution is -2.49. The maximum atomic E-state index is 12.0. The fourth-order valence-corrected chi connectivity index (χ4v) is 3.02. The first-order chi connectivity index (χ1) is 8.65. The largest absolute Gasteiger partial charge is 0.480 e. The zero-order chi connectivity index (χ0) is 15.2. The van der Waals surface area contributed by atoms with Crippen molar-refractivity contribution in [1.82, 2.24) is 5.32 Å². The van der Waals surface area contributed by atoms with E-state index in [4.69, 9.17) is 10.8 Å². The number of rotatable bonds is 8. The summed E-state index contributed by atoms with van der Waals surface area (Å²) in [6.45, 7) is 9.32. The van der Waals surface area contributed by atoms with E-state index in [-0.39, 0.29) is 17.2 Å². The summed E-state index contributed by atoms with van der Waals surface area (Å²) >= 11 is 1.29. The molecule has 19 heavy (non-hydrogen) atoms. The van der Waals surface area contributed by atoms with Crippen LogP contribution >= 0.6 is 11.8 Å². The number of hydrogen-bond acceptors (Lipinski definition) is 4. The first kappa shape index (κ1) is 18.2. The van der Waals surface area contributed by atoms with Crippen molar-refractivity contribution in [2.45, 2.75) is 69.5 Å². The molecule has 2 atom stereocenters. The standard InChI is InChI=1S/C13H26N2O3S/c1-6-9(7-2)15-11(16)8(3)19-13(4,5)10(14)12(17)18/h8-10H,6-7,14H2,1-5H3,(H,15,16)(H,17,18)/t8?,10-/m0/s1. The van der Waals surface area contributed by atoms with Gasteiger partial charge in [0.15, 0.2) is 0 Å².